The molecule has 2 aliphatic rings. The predicted molar refractivity (Wildman–Crippen MR) is 88.5 cm³/mol. The van der Waals surface area contributed by atoms with Crippen molar-refractivity contribution in [2.24, 2.45) is 5.92 Å². The van der Waals surface area contributed by atoms with Gasteiger partial charge >= 0.3 is 0 Å². The van der Waals surface area contributed by atoms with Gasteiger partial charge in [0, 0.05) is 42.9 Å². The van der Waals surface area contributed by atoms with Crippen LogP contribution in [0.5, 0.6) is 0 Å². The molecule has 0 aliphatic carbocycles. The Bertz CT molecular complexity index is 614. The number of ether oxygens (including phenoxy) is 1. The summed E-state index contributed by atoms with van der Waals surface area (Å²) < 4.78 is 5.34. The van der Waals surface area contributed by atoms with Gasteiger partial charge in [-0.1, -0.05) is 17.7 Å². The van der Waals surface area contributed by atoms with Crippen LogP contribution in [0.4, 0.5) is 5.69 Å². The quantitative estimate of drug-likeness (QED) is 0.923. The second kappa shape index (κ2) is 6.89. The van der Waals surface area contributed by atoms with E-state index in [4.69, 9.17) is 16.3 Å². The smallest absolute Gasteiger partial charge is 0.229 e. The van der Waals surface area contributed by atoms with Crippen LogP contribution in [0.1, 0.15) is 24.8 Å². The highest BCUT2D eigenvalue weighted by Gasteiger charge is 2.38. The molecule has 1 unspecified atom stereocenters. The highest BCUT2D eigenvalue weighted by atomic mass is 35.5. The molecule has 2 amide bonds. The Labute approximate surface area is 140 Å². The molecule has 3 rings (SSSR count). The van der Waals surface area contributed by atoms with Crippen LogP contribution in [-0.4, -0.2) is 42.5 Å². The Morgan fingerprint density at radius 2 is 2.09 bits per heavy atom. The van der Waals surface area contributed by atoms with Gasteiger partial charge in [-0.2, -0.15) is 0 Å². The molecule has 1 aromatic carbocycles. The molecule has 0 saturated carbocycles. The Kier molecular flexibility index (Phi) is 4.87. The third-order valence-corrected chi connectivity index (χ3v) is 5.10. The molecular formula is C17H21ClN2O3. The SMILES string of the molecule is Cc1c(Cl)cccc1NC(=O)C1CC(=O)N(C2CCOCC2)C1. The summed E-state index contributed by atoms with van der Waals surface area (Å²) in [7, 11) is 0. The lowest BCUT2D eigenvalue weighted by Gasteiger charge is -2.31. The fraction of sp³-hybridized carbons (Fsp3) is 0.529. The number of anilines is 1. The van der Waals surface area contributed by atoms with E-state index in [0.717, 1.165) is 18.4 Å². The Morgan fingerprint density at radius 3 is 2.83 bits per heavy atom. The Hall–Kier alpha value is -1.59. The molecule has 5 nitrogen and oxygen atoms in total. The number of amides is 2. The molecule has 0 radical (unpaired) electrons. The highest BCUT2D eigenvalue weighted by Crippen LogP contribution is 2.27. The molecule has 1 atom stereocenters. The molecule has 0 aromatic heterocycles. The second-order valence-corrected chi connectivity index (χ2v) is 6.60. The lowest BCUT2D eigenvalue weighted by Crippen LogP contribution is -2.41. The van der Waals surface area contributed by atoms with E-state index in [2.05, 4.69) is 5.32 Å². The summed E-state index contributed by atoms with van der Waals surface area (Å²) in [6.07, 6.45) is 1.99. The fourth-order valence-corrected chi connectivity index (χ4v) is 3.41. The topological polar surface area (TPSA) is 58.6 Å². The van der Waals surface area contributed by atoms with Gasteiger partial charge in [0.05, 0.1) is 5.92 Å². The molecule has 2 aliphatic heterocycles. The zero-order valence-corrected chi connectivity index (χ0v) is 13.9. The largest absolute Gasteiger partial charge is 0.381 e. The van der Waals surface area contributed by atoms with Gasteiger partial charge in [-0.25, -0.2) is 0 Å². The Balaban J connectivity index is 1.64. The third-order valence-electron chi connectivity index (χ3n) is 4.69. The first-order chi connectivity index (χ1) is 11.1. The number of hydrogen-bond acceptors (Lipinski definition) is 3. The first-order valence-corrected chi connectivity index (χ1v) is 8.37. The lowest BCUT2D eigenvalue weighted by atomic mass is 10.1. The van der Waals surface area contributed by atoms with Crippen molar-refractivity contribution in [2.45, 2.75) is 32.2 Å². The summed E-state index contributed by atoms with van der Waals surface area (Å²) in [5.74, 6) is -0.345. The van der Waals surface area contributed by atoms with Crippen molar-refractivity contribution in [1.29, 1.82) is 0 Å². The number of nitrogens with zero attached hydrogens (tertiary/aromatic N) is 1. The normalized spacial score (nSPS) is 22.4. The molecule has 1 N–H and O–H groups in total. The molecule has 2 heterocycles. The minimum Gasteiger partial charge on any atom is -0.381 e. The molecule has 0 bridgehead atoms. The highest BCUT2D eigenvalue weighted by molar-refractivity contribution is 6.31. The summed E-state index contributed by atoms with van der Waals surface area (Å²) in [6, 6.07) is 5.63. The first-order valence-electron chi connectivity index (χ1n) is 7.99. The minimum absolute atomic E-state index is 0.0693. The van der Waals surface area contributed by atoms with Gasteiger partial charge in [0.25, 0.3) is 0 Å². The molecule has 2 fully saturated rings. The van der Waals surface area contributed by atoms with Crippen LogP contribution in [0.25, 0.3) is 0 Å². The summed E-state index contributed by atoms with van der Waals surface area (Å²) in [5.41, 5.74) is 1.55. The number of hydrogen-bond donors (Lipinski definition) is 1. The summed E-state index contributed by atoms with van der Waals surface area (Å²) in [5, 5.41) is 3.53. The fourth-order valence-electron chi connectivity index (χ4n) is 3.23. The number of nitrogens with one attached hydrogen (secondary N) is 1. The van der Waals surface area contributed by atoms with Gasteiger partial charge in [-0.05, 0) is 37.5 Å². The number of benzene rings is 1. The molecule has 23 heavy (non-hydrogen) atoms. The van der Waals surface area contributed by atoms with Gasteiger partial charge in [-0.3, -0.25) is 9.59 Å². The van der Waals surface area contributed by atoms with Gasteiger partial charge in [-0.15, -0.1) is 0 Å². The van der Waals surface area contributed by atoms with E-state index in [9.17, 15) is 9.59 Å². The molecule has 6 heteroatoms. The number of halogens is 1. The van der Waals surface area contributed by atoms with E-state index in [1.807, 2.05) is 17.9 Å². The van der Waals surface area contributed by atoms with Crippen LogP contribution in [0.2, 0.25) is 5.02 Å². The van der Waals surface area contributed by atoms with Crippen LogP contribution < -0.4 is 5.32 Å². The van der Waals surface area contributed by atoms with Crippen LogP contribution in [0.3, 0.4) is 0 Å². The molecule has 2 saturated heterocycles. The van der Waals surface area contributed by atoms with Crippen molar-refractivity contribution in [3.05, 3.63) is 28.8 Å². The van der Waals surface area contributed by atoms with Crippen molar-refractivity contribution in [2.75, 3.05) is 25.1 Å². The van der Waals surface area contributed by atoms with Gasteiger partial charge < -0.3 is 15.0 Å². The average molecular weight is 337 g/mol. The van der Waals surface area contributed by atoms with E-state index in [1.165, 1.54) is 0 Å². The molecule has 1 aromatic rings. The molecule has 0 spiro atoms. The van der Waals surface area contributed by atoms with Crippen molar-refractivity contribution in [3.8, 4) is 0 Å². The molecular weight excluding hydrogens is 316 g/mol. The number of rotatable bonds is 3. The number of carbonyl (C=O) groups is 2. The summed E-state index contributed by atoms with van der Waals surface area (Å²) >= 11 is 6.08. The van der Waals surface area contributed by atoms with E-state index in [1.54, 1.807) is 12.1 Å². The third kappa shape index (κ3) is 3.51. The summed E-state index contributed by atoms with van der Waals surface area (Å²) in [6.45, 7) is 3.74. The Morgan fingerprint density at radius 1 is 1.35 bits per heavy atom. The maximum atomic E-state index is 12.5. The average Bonchev–Trinajstić information content (AvgIpc) is 2.95. The predicted octanol–water partition coefficient (Wildman–Crippen LogP) is 2.61. The van der Waals surface area contributed by atoms with Crippen LogP contribution in [0.15, 0.2) is 18.2 Å². The van der Waals surface area contributed by atoms with Crippen LogP contribution >= 0.6 is 11.6 Å². The van der Waals surface area contributed by atoms with E-state index in [-0.39, 0.29) is 30.2 Å². The molecule has 124 valence electrons. The van der Waals surface area contributed by atoms with Gasteiger partial charge in [0.15, 0.2) is 0 Å². The van der Waals surface area contributed by atoms with Crippen molar-refractivity contribution >= 4 is 29.1 Å². The van der Waals surface area contributed by atoms with Crippen molar-refractivity contribution < 1.29 is 14.3 Å². The van der Waals surface area contributed by atoms with Crippen LogP contribution in [0, 0.1) is 12.8 Å². The number of likely N-dealkylation sites (tertiary alicyclic amines) is 1. The van der Waals surface area contributed by atoms with Gasteiger partial charge in [0.2, 0.25) is 11.8 Å². The maximum Gasteiger partial charge on any atom is 0.229 e. The minimum atomic E-state index is -0.302. The summed E-state index contributed by atoms with van der Waals surface area (Å²) in [4.78, 5) is 26.6. The van der Waals surface area contributed by atoms with E-state index in [0.29, 0.717) is 30.5 Å². The van der Waals surface area contributed by atoms with Gasteiger partial charge in [0.1, 0.15) is 0 Å². The van der Waals surface area contributed by atoms with Crippen molar-refractivity contribution in [1.82, 2.24) is 4.90 Å². The first kappa shape index (κ1) is 16.3. The monoisotopic (exact) mass is 336 g/mol. The van der Waals surface area contributed by atoms with E-state index >= 15 is 0 Å². The second-order valence-electron chi connectivity index (χ2n) is 6.19. The van der Waals surface area contributed by atoms with E-state index < -0.39 is 0 Å². The maximum absolute atomic E-state index is 12.5. The van der Waals surface area contributed by atoms with Crippen molar-refractivity contribution in [3.63, 3.8) is 0 Å². The zero-order chi connectivity index (χ0) is 16.4. The standard InChI is InChI=1S/C17H21ClN2O3/c1-11-14(18)3-2-4-15(11)19-17(22)12-9-16(21)20(10-12)13-5-7-23-8-6-13/h2-4,12-13H,5-10H2,1H3,(H,19,22). The zero-order valence-electron chi connectivity index (χ0n) is 13.2. The number of carbonyl (C=O) groups excluding carboxylic acids is 2. The van der Waals surface area contributed by atoms with Crippen LogP contribution in [-0.2, 0) is 14.3 Å². The lowest BCUT2D eigenvalue weighted by molar-refractivity contribution is -0.131.